The first kappa shape index (κ1) is 14.9. The van der Waals surface area contributed by atoms with Crippen LogP contribution in [0.4, 0.5) is 0 Å². The van der Waals surface area contributed by atoms with E-state index >= 15 is 0 Å². The maximum Gasteiger partial charge on any atom is 0.348 e. The van der Waals surface area contributed by atoms with Crippen LogP contribution in [0.25, 0.3) is 0 Å². The molecule has 1 atom stereocenters. The molecule has 1 unspecified atom stereocenters. The van der Waals surface area contributed by atoms with Crippen LogP contribution in [0.3, 0.4) is 0 Å². The average molecular weight is 300 g/mol. The molecule has 0 spiro atoms. The second-order valence-electron chi connectivity index (χ2n) is 4.17. The monoisotopic (exact) mass is 300 g/mol. The van der Waals surface area contributed by atoms with E-state index in [-0.39, 0.29) is 10.9 Å². The summed E-state index contributed by atoms with van der Waals surface area (Å²) in [5.74, 6) is -0.897. The van der Waals surface area contributed by atoms with Crippen molar-refractivity contribution in [3.8, 4) is 0 Å². The topological polar surface area (TPSA) is 60.4 Å². The van der Waals surface area contributed by atoms with Gasteiger partial charge in [-0.1, -0.05) is 55.1 Å². The van der Waals surface area contributed by atoms with Gasteiger partial charge in [0.1, 0.15) is 0 Å². The molecule has 2 aromatic rings. The largest absolute Gasteiger partial charge is 0.399 e. The van der Waals surface area contributed by atoms with Crippen LogP contribution in [0.2, 0.25) is 0 Å². The van der Waals surface area contributed by atoms with Crippen LogP contribution in [0, 0.1) is 0 Å². The maximum atomic E-state index is 13.0. The van der Waals surface area contributed by atoms with Gasteiger partial charge < -0.3 is 4.52 Å². The summed E-state index contributed by atoms with van der Waals surface area (Å²) in [5, 5.41) is 0.175. The predicted molar refractivity (Wildman–Crippen MR) is 80.7 cm³/mol. The van der Waals surface area contributed by atoms with E-state index in [0.29, 0.717) is 0 Å². The molecule has 0 fully saturated rings. The van der Waals surface area contributed by atoms with Gasteiger partial charge in [0.15, 0.2) is 0 Å². The Morgan fingerprint density at radius 3 is 2.00 bits per heavy atom. The Balaban J connectivity index is 2.51. The molecule has 0 aliphatic carbocycles. The summed E-state index contributed by atoms with van der Waals surface area (Å²) >= 11 is 0. The van der Waals surface area contributed by atoms with Crippen LogP contribution in [-0.2, 0) is 13.9 Å². The lowest BCUT2D eigenvalue weighted by atomic mass is 10.2. The normalized spacial score (nSPS) is 13.0. The van der Waals surface area contributed by atoms with Crippen LogP contribution >= 0.6 is 7.37 Å². The van der Waals surface area contributed by atoms with E-state index in [1.54, 1.807) is 36.4 Å². The number of hydrogen-bond acceptors (Lipinski definition) is 4. The zero-order valence-corrected chi connectivity index (χ0v) is 12.0. The molecule has 0 saturated heterocycles. The van der Waals surface area contributed by atoms with E-state index in [2.05, 4.69) is 6.58 Å². The third-order valence-electron chi connectivity index (χ3n) is 2.77. The van der Waals surface area contributed by atoms with Crippen molar-refractivity contribution < 1.29 is 18.7 Å². The summed E-state index contributed by atoms with van der Waals surface area (Å²) in [6, 6.07) is 16.1. The molecule has 0 N–H and O–H groups in total. The van der Waals surface area contributed by atoms with Gasteiger partial charge in [0, 0.05) is 11.6 Å². The van der Waals surface area contributed by atoms with Gasteiger partial charge in [-0.05, 0) is 12.1 Å². The Hall–Kier alpha value is -2.45. The molecule has 21 heavy (non-hydrogen) atoms. The van der Waals surface area contributed by atoms with Gasteiger partial charge in [0.2, 0.25) is 0 Å². The van der Waals surface area contributed by atoms with Crippen molar-refractivity contribution in [2.75, 3.05) is 0 Å². The zero-order valence-electron chi connectivity index (χ0n) is 11.1. The van der Waals surface area contributed by atoms with Gasteiger partial charge in [0.25, 0.3) is 5.52 Å². The SMILES string of the molecule is C=CC(=O)OP(=O)(C(=O)c1ccccc1)c1ccccc1. The van der Waals surface area contributed by atoms with E-state index in [1.807, 2.05) is 0 Å². The molecule has 2 aromatic carbocycles. The Labute approximate surface area is 122 Å². The van der Waals surface area contributed by atoms with Gasteiger partial charge in [-0.3, -0.25) is 9.36 Å². The van der Waals surface area contributed by atoms with Crippen molar-refractivity contribution in [3.05, 3.63) is 78.9 Å². The van der Waals surface area contributed by atoms with E-state index < -0.39 is 18.9 Å². The molecule has 0 amide bonds. The molecular formula is C16H13O4P. The first-order valence-electron chi connectivity index (χ1n) is 6.19. The summed E-state index contributed by atoms with van der Waals surface area (Å²) in [4.78, 5) is 24.0. The number of hydrogen-bond donors (Lipinski definition) is 0. The number of rotatable bonds is 5. The zero-order chi connectivity index (χ0) is 15.3. The average Bonchev–Trinajstić information content (AvgIpc) is 2.55. The summed E-state index contributed by atoms with van der Waals surface area (Å²) in [6.07, 6.45) is 0.883. The molecule has 0 saturated carbocycles. The molecule has 106 valence electrons. The highest BCUT2D eigenvalue weighted by atomic mass is 31.2. The molecule has 0 aliphatic rings. The molecule has 0 radical (unpaired) electrons. The van der Waals surface area contributed by atoms with Crippen LogP contribution < -0.4 is 5.30 Å². The minimum absolute atomic E-state index is 0.175. The maximum absolute atomic E-state index is 13.0. The lowest BCUT2D eigenvalue weighted by Gasteiger charge is -2.16. The number of benzene rings is 2. The Morgan fingerprint density at radius 2 is 1.48 bits per heavy atom. The molecule has 5 heteroatoms. The van der Waals surface area contributed by atoms with Crippen LogP contribution in [0.5, 0.6) is 0 Å². The fourth-order valence-corrected chi connectivity index (χ4v) is 3.55. The Morgan fingerprint density at radius 1 is 0.952 bits per heavy atom. The summed E-state index contributed by atoms with van der Waals surface area (Å²) in [7, 11) is -4.02. The fraction of sp³-hybridized carbons (Fsp3) is 0. The van der Waals surface area contributed by atoms with E-state index in [4.69, 9.17) is 4.52 Å². The van der Waals surface area contributed by atoms with Crippen LogP contribution in [0.15, 0.2) is 73.3 Å². The summed E-state index contributed by atoms with van der Waals surface area (Å²) in [5.41, 5.74) is -0.494. The van der Waals surface area contributed by atoms with Crippen molar-refractivity contribution in [2.24, 2.45) is 0 Å². The van der Waals surface area contributed by atoms with Gasteiger partial charge in [-0.2, -0.15) is 0 Å². The van der Waals surface area contributed by atoms with E-state index in [9.17, 15) is 14.2 Å². The molecule has 0 aliphatic heterocycles. The van der Waals surface area contributed by atoms with Crippen molar-refractivity contribution in [3.63, 3.8) is 0 Å². The van der Waals surface area contributed by atoms with Gasteiger partial charge >= 0.3 is 13.3 Å². The van der Waals surface area contributed by atoms with Crippen LogP contribution in [0.1, 0.15) is 10.4 Å². The smallest absolute Gasteiger partial charge is 0.348 e. The second-order valence-corrected chi connectivity index (χ2v) is 6.38. The first-order valence-corrected chi connectivity index (χ1v) is 7.82. The van der Waals surface area contributed by atoms with Crippen LogP contribution in [-0.4, -0.2) is 11.5 Å². The highest BCUT2D eigenvalue weighted by Gasteiger charge is 2.38. The molecule has 0 aromatic heterocycles. The number of carbonyl (C=O) groups is 2. The van der Waals surface area contributed by atoms with Gasteiger partial charge in [-0.15, -0.1) is 0 Å². The molecule has 2 rings (SSSR count). The standard InChI is InChI=1S/C16H13O4P/c1-2-15(17)20-21(19,14-11-7-4-8-12-14)16(18)13-9-5-3-6-10-13/h2-12H,1H2. The first-order chi connectivity index (χ1) is 10.1. The van der Waals surface area contributed by atoms with E-state index in [0.717, 1.165) is 6.08 Å². The second kappa shape index (κ2) is 6.33. The number of carbonyl (C=O) groups excluding carboxylic acids is 2. The Kier molecular flexibility index (Phi) is 4.51. The van der Waals surface area contributed by atoms with Crippen molar-refractivity contribution in [1.29, 1.82) is 0 Å². The van der Waals surface area contributed by atoms with E-state index in [1.165, 1.54) is 24.3 Å². The minimum atomic E-state index is -4.02. The third kappa shape index (κ3) is 3.18. The van der Waals surface area contributed by atoms with Gasteiger partial charge in [0.05, 0.1) is 5.30 Å². The minimum Gasteiger partial charge on any atom is -0.399 e. The Bertz CT molecular complexity index is 708. The quantitative estimate of drug-likeness (QED) is 0.628. The summed E-state index contributed by atoms with van der Waals surface area (Å²) < 4.78 is 18.0. The fourth-order valence-electron chi connectivity index (χ4n) is 1.75. The highest BCUT2D eigenvalue weighted by molar-refractivity contribution is 7.83. The lowest BCUT2D eigenvalue weighted by molar-refractivity contribution is -0.128. The van der Waals surface area contributed by atoms with Crippen molar-refractivity contribution in [2.45, 2.75) is 0 Å². The van der Waals surface area contributed by atoms with Crippen molar-refractivity contribution >= 4 is 24.2 Å². The van der Waals surface area contributed by atoms with Crippen molar-refractivity contribution in [1.82, 2.24) is 0 Å². The summed E-state index contributed by atoms with van der Waals surface area (Å²) in [6.45, 7) is 3.26. The third-order valence-corrected chi connectivity index (χ3v) is 4.98. The predicted octanol–water partition coefficient (Wildman–Crippen LogP) is 3.16. The lowest BCUT2D eigenvalue weighted by Crippen LogP contribution is -2.17. The highest BCUT2D eigenvalue weighted by Crippen LogP contribution is 2.49. The molecule has 4 nitrogen and oxygen atoms in total. The molecule has 0 heterocycles. The molecule has 0 bridgehead atoms. The molecular weight excluding hydrogens is 287 g/mol. The van der Waals surface area contributed by atoms with Gasteiger partial charge in [-0.25, -0.2) is 4.79 Å².